The molecule has 7 atom stereocenters. The summed E-state index contributed by atoms with van der Waals surface area (Å²) in [6, 6.07) is 1.41. The number of hydrogen-bond donors (Lipinski definition) is 3. The second-order valence-electron chi connectivity index (χ2n) is 17.7. The van der Waals surface area contributed by atoms with E-state index in [4.69, 9.17) is 18.9 Å². The molecule has 3 N–H and O–H groups in total. The number of pyridine rings is 1. The summed E-state index contributed by atoms with van der Waals surface area (Å²) in [5, 5.41) is 6.04. The van der Waals surface area contributed by atoms with Gasteiger partial charge in [0.15, 0.2) is 17.2 Å². The van der Waals surface area contributed by atoms with Crippen molar-refractivity contribution < 1.29 is 59.7 Å². The van der Waals surface area contributed by atoms with Gasteiger partial charge in [-0.15, -0.1) is 0 Å². The minimum Gasteiger partial charge on any atom is -0.494 e. The molecule has 1 aromatic carbocycles. The molecule has 6 rings (SSSR count). The lowest BCUT2D eigenvalue weighted by Crippen LogP contribution is -2.60. The number of halogens is 3. The van der Waals surface area contributed by atoms with Gasteiger partial charge in [-0.3, -0.25) is 19.1 Å². The lowest BCUT2D eigenvalue weighted by molar-refractivity contribution is -0.152. The first-order chi connectivity index (χ1) is 28.5. The number of rotatable bonds is 11. The summed E-state index contributed by atoms with van der Waals surface area (Å²) in [7, 11) is -1.41. The third kappa shape index (κ3) is 9.36. The van der Waals surface area contributed by atoms with E-state index in [2.05, 4.69) is 20.3 Å². The number of sulfonamides is 1. The number of nitrogens with zero attached hydrogens (tertiary/aromatic N) is 2. The maximum absolute atomic E-state index is 15.1. The van der Waals surface area contributed by atoms with Crippen LogP contribution in [0.15, 0.2) is 30.4 Å². The van der Waals surface area contributed by atoms with Crippen LogP contribution in [0, 0.1) is 23.6 Å². The van der Waals surface area contributed by atoms with Gasteiger partial charge in [-0.25, -0.2) is 26.4 Å². The Hall–Kier alpha value is -4.81. The average molecular weight is 880 g/mol. The quantitative estimate of drug-likeness (QED) is 0.240. The Morgan fingerprint density at radius 2 is 1.79 bits per heavy atom. The number of hydrogen-bond acceptors (Lipinski definition) is 11. The van der Waals surface area contributed by atoms with Gasteiger partial charge < -0.3 is 34.5 Å². The van der Waals surface area contributed by atoms with E-state index in [0.29, 0.717) is 50.8 Å². The maximum atomic E-state index is 15.1. The third-order valence-corrected chi connectivity index (χ3v) is 15.0. The molecule has 2 aliphatic heterocycles. The molecular weight excluding hydrogens is 824 g/mol. The van der Waals surface area contributed by atoms with E-state index in [-0.39, 0.29) is 48.2 Å². The van der Waals surface area contributed by atoms with Crippen molar-refractivity contribution in [1.82, 2.24) is 25.2 Å². The predicted octanol–water partition coefficient (Wildman–Crippen LogP) is 5.54. The third-order valence-electron chi connectivity index (χ3n) is 12.8. The van der Waals surface area contributed by atoms with Crippen LogP contribution in [0.5, 0.6) is 17.5 Å². The first kappa shape index (κ1) is 45.7. The van der Waals surface area contributed by atoms with Crippen LogP contribution < -0.4 is 29.6 Å². The summed E-state index contributed by atoms with van der Waals surface area (Å²) >= 11 is 0. The van der Waals surface area contributed by atoms with Crippen molar-refractivity contribution in [3.8, 4) is 17.5 Å². The molecule has 3 fully saturated rings. The Morgan fingerprint density at radius 3 is 2.41 bits per heavy atom. The van der Waals surface area contributed by atoms with E-state index >= 15 is 9.18 Å². The largest absolute Gasteiger partial charge is 0.494 e. The predicted molar refractivity (Wildman–Crippen MR) is 217 cm³/mol. The number of fused-ring (bicyclic) bond motifs is 3. The minimum absolute atomic E-state index is 0.0161. The number of benzene rings is 1. The molecule has 0 radical (unpaired) electrons. The number of amides is 4. The fourth-order valence-corrected chi connectivity index (χ4v) is 9.31. The highest BCUT2D eigenvalue weighted by atomic mass is 32.2. The van der Waals surface area contributed by atoms with Gasteiger partial charge in [0.1, 0.15) is 23.7 Å². The van der Waals surface area contributed by atoms with Gasteiger partial charge in [-0.1, -0.05) is 32.4 Å². The smallest absolute Gasteiger partial charge is 0.408 e. The van der Waals surface area contributed by atoms with Gasteiger partial charge >= 0.3 is 6.09 Å². The fourth-order valence-electron chi connectivity index (χ4n) is 8.00. The minimum atomic E-state index is -4.10. The number of alkyl carbamates (subject to hydrolysis) is 1. The number of ether oxygens (including phenoxy) is 4. The second-order valence-corrected chi connectivity index (χ2v) is 19.9. The van der Waals surface area contributed by atoms with Crippen LogP contribution in [0.2, 0.25) is 0 Å². The topological polar surface area (TPSA) is 192 Å². The zero-order valence-electron chi connectivity index (χ0n) is 35.7. The zero-order valence-corrected chi connectivity index (χ0v) is 36.6. The molecule has 4 amide bonds. The van der Waals surface area contributed by atoms with Crippen LogP contribution in [0.3, 0.4) is 0 Å². The summed E-state index contributed by atoms with van der Waals surface area (Å²) in [6.45, 7) is 7.76. The summed E-state index contributed by atoms with van der Waals surface area (Å²) in [5.41, 5.74) is -3.93. The van der Waals surface area contributed by atoms with Gasteiger partial charge in [0.05, 0.1) is 25.5 Å². The number of carbonyl (C=O) groups is 4. The van der Waals surface area contributed by atoms with Gasteiger partial charge in [0.2, 0.25) is 33.6 Å². The van der Waals surface area contributed by atoms with Crippen molar-refractivity contribution >= 4 is 44.6 Å². The molecule has 2 saturated carbocycles. The Bertz CT molecular complexity index is 2200. The summed E-state index contributed by atoms with van der Waals surface area (Å²) in [5.74, 6) is -7.77. The van der Waals surface area contributed by atoms with Gasteiger partial charge in [-0.2, -0.15) is 4.98 Å². The standard InChI is InChI=1S/C42H56F3N5O10S/c1-9-24-16-23(2)12-10-11-13-26-21-42(26,37(53)49-61(55,56)40(5)14-15-40)48-34(51)30-19-27(22-50(30)36(52)33(24)47-38(54)60-39(3,4)41(6,44)45)59-35-28-20-29(43)31(57-7)17-25(28)18-32(46-35)58-8/h11,13,17-18,20,23-24,26-27,30,33H,9-10,12,14-16,19,21-22H2,1-8H3,(H,47,54)(H,48,51)(H,49,53)/b13-11-/t23-,24-,26?,27-,30+,33+,42-/m1/s1. The fraction of sp³-hybridized carbons (Fsp3) is 0.643. The molecular formula is C42H56F3N5O10S. The number of carbonyl (C=O) groups excluding carboxylic acids is 4. The van der Waals surface area contributed by atoms with Gasteiger partial charge in [0, 0.05) is 30.7 Å². The molecule has 0 spiro atoms. The molecule has 0 bridgehead atoms. The Kier molecular flexibility index (Phi) is 12.6. The van der Waals surface area contributed by atoms with E-state index in [9.17, 15) is 31.6 Å². The molecule has 4 aliphatic rings. The first-order valence-electron chi connectivity index (χ1n) is 20.6. The van der Waals surface area contributed by atoms with Crippen LogP contribution in [0.4, 0.5) is 18.0 Å². The molecule has 15 nitrogen and oxygen atoms in total. The molecule has 336 valence electrons. The highest BCUT2D eigenvalue weighted by Crippen LogP contribution is 2.48. The van der Waals surface area contributed by atoms with E-state index in [1.165, 1.54) is 38.2 Å². The lowest BCUT2D eigenvalue weighted by Gasteiger charge is -2.35. The SMILES string of the molecule is CC[C@@H]1C[C@H](C)CC/C=C\C2C[C@@]2(C(=O)NS(=O)(=O)C2(C)CC2)NC(=O)[C@@H]2C[C@@H](Oc3nc(OC)cc4cc(OC)c(F)cc34)CN2C(=O)[C@H]1NC(=O)OC(C)(C)C(C)(F)F. The van der Waals surface area contributed by atoms with Crippen LogP contribution in [-0.2, 0) is 29.1 Å². The Labute approximate surface area is 353 Å². The van der Waals surface area contributed by atoms with Crippen molar-refractivity contribution in [2.45, 2.75) is 133 Å². The van der Waals surface area contributed by atoms with Crippen molar-refractivity contribution in [2.75, 3.05) is 20.8 Å². The van der Waals surface area contributed by atoms with Crippen molar-refractivity contribution in [3.63, 3.8) is 0 Å². The first-order valence-corrected chi connectivity index (χ1v) is 22.1. The van der Waals surface area contributed by atoms with Crippen LogP contribution in [0.25, 0.3) is 10.8 Å². The Morgan fingerprint density at radius 1 is 1.08 bits per heavy atom. The van der Waals surface area contributed by atoms with Crippen LogP contribution in [-0.4, -0.2) is 103 Å². The zero-order chi connectivity index (χ0) is 44.9. The van der Waals surface area contributed by atoms with Gasteiger partial charge in [-0.05, 0) is 88.7 Å². The lowest BCUT2D eigenvalue weighted by atomic mass is 9.85. The van der Waals surface area contributed by atoms with Gasteiger partial charge in [0.25, 0.3) is 11.8 Å². The highest BCUT2D eigenvalue weighted by molar-refractivity contribution is 7.91. The molecule has 1 saturated heterocycles. The maximum Gasteiger partial charge on any atom is 0.408 e. The Balaban J connectivity index is 1.40. The molecule has 1 unspecified atom stereocenters. The number of alkyl halides is 2. The highest BCUT2D eigenvalue weighted by Gasteiger charge is 2.63. The number of methoxy groups -OCH3 is 2. The average Bonchev–Trinajstić information content (AvgIpc) is 4.06. The van der Waals surface area contributed by atoms with Crippen molar-refractivity contribution in [2.24, 2.45) is 17.8 Å². The summed E-state index contributed by atoms with van der Waals surface area (Å²) in [4.78, 5) is 62.7. The second kappa shape index (κ2) is 16.8. The number of allylic oxidation sites excluding steroid dienone is 1. The van der Waals surface area contributed by atoms with Crippen molar-refractivity contribution in [1.29, 1.82) is 0 Å². The molecule has 3 heterocycles. The number of aromatic nitrogens is 1. The van der Waals surface area contributed by atoms with E-state index in [0.717, 1.165) is 13.8 Å². The van der Waals surface area contributed by atoms with Crippen molar-refractivity contribution in [3.05, 3.63) is 36.2 Å². The normalized spacial score (nSPS) is 28.5. The van der Waals surface area contributed by atoms with E-state index in [1.54, 1.807) is 12.1 Å². The monoisotopic (exact) mass is 879 g/mol. The van der Waals surface area contributed by atoms with Crippen LogP contribution in [0.1, 0.15) is 92.9 Å². The number of nitrogens with one attached hydrogen (secondary N) is 3. The summed E-state index contributed by atoms with van der Waals surface area (Å²) < 4.78 is 93.8. The molecule has 61 heavy (non-hydrogen) atoms. The van der Waals surface area contributed by atoms with E-state index < -0.39 is 91.5 Å². The molecule has 2 aromatic rings. The summed E-state index contributed by atoms with van der Waals surface area (Å²) in [6.07, 6.45) is 4.01. The van der Waals surface area contributed by atoms with Crippen LogP contribution >= 0.6 is 0 Å². The van der Waals surface area contributed by atoms with E-state index in [1.807, 2.05) is 19.9 Å². The molecule has 1 aromatic heterocycles. The molecule has 2 aliphatic carbocycles. The molecule has 19 heteroatoms.